The summed E-state index contributed by atoms with van der Waals surface area (Å²) >= 11 is 0. The molecule has 5 nitrogen and oxygen atoms in total. The van der Waals surface area contributed by atoms with Crippen LogP contribution in [-0.4, -0.2) is 63.8 Å². The summed E-state index contributed by atoms with van der Waals surface area (Å²) in [5.41, 5.74) is 1.38. The van der Waals surface area contributed by atoms with Crippen molar-refractivity contribution >= 4 is 10.8 Å². The lowest BCUT2D eigenvalue weighted by atomic mass is 9.66. The highest BCUT2D eigenvalue weighted by Gasteiger charge is 2.56. The first-order valence-corrected chi connectivity index (χ1v) is 15.0. The number of ether oxygens (including phenoxy) is 2. The Labute approximate surface area is 242 Å². The van der Waals surface area contributed by atoms with Crippen LogP contribution < -0.4 is 4.74 Å². The third-order valence-corrected chi connectivity index (χ3v) is 8.92. The Morgan fingerprint density at radius 2 is 1.60 bits per heavy atom. The smallest absolute Gasteiger partial charge is 0.453 e. The zero-order chi connectivity index (χ0) is 31.2. The van der Waals surface area contributed by atoms with Gasteiger partial charge in [0.25, 0.3) is 5.92 Å². The van der Waals surface area contributed by atoms with Crippen molar-refractivity contribution in [2.45, 2.75) is 74.8 Å². The predicted octanol–water partition coefficient (Wildman–Crippen LogP) is 7.47. The van der Waals surface area contributed by atoms with Gasteiger partial charge in [-0.3, -0.25) is 4.21 Å². The van der Waals surface area contributed by atoms with Gasteiger partial charge in [0.1, 0.15) is 23.9 Å². The molecule has 0 spiro atoms. The lowest BCUT2D eigenvalue weighted by Crippen LogP contribution is -2.40. The Morgan fingerprint density at radius 3 is 2.26 bits per heavy atom. The van der Waals surface area contributed by atoms with E-state index in [1.165, 1.54) is 0 Å². The molecule has 1 aliphatic rings. The Balaban J connectivity index is 1.45. The summed E-state index contributed by atoms with van der Waals surface area (Å²) in [6.07, 6.45) is -7.05. The molecule has 0 radical (unpaired) electrons. The van der Waals surface area contributed by atoms with Crippen molar-refractivity contribution in [1.82, 2.24) is 0 Å². The highest BCUT2D eigenvalue weighted by Crippen LogP contribution is 2.49. The van der Waals surface area contributed by atoms with Gasteiger partial charge in [0.2, 0.25) is 0 Å². The minimum atomic E-state index is -5.70. The van der Waals surface area contributed by atoms with E-state index < -0.39 is 71.6 Å². The van der Waals surface area contributed by atoms with Gasteiger partial charge in [-0.05, 0) is 48.6 Å². The lowest BCUT2D eigenvalue weighted by Gasteiger charge is -2.43. The zero-order valence-corrected chi connectivity index (χ0v) is 23.9. The van der Waals surface area contributed by atoms with Crippen LogP contribution in [0.2, 0.25) is 0 Å². The Hall–Kier alpha value is -2.54. The lowest BCUT2D eigenvalue weighted by molar-refractivity contribution is -0.284. The molecule has 0 aliphatic carbocycles. The standard InChI is InChI=1S/C29H35F7O5S/c1-26(20-6-8-21(37)9-7-20)18-41-25-17-22(38)10-11-23(25)24(26)5-2-3-14-40-19-27(30,31)13-16-42(39)15-4-12-28(32,33)29(34,35)36/h6-11,17,24,37-38H,2-5,12-16,18-19H2,1H3. The number of rotatable bonds is 15. The molecule has 0 saturated heterocycles. The number of halogens is 7. The van der Waals surface area contributed by atoms with Gasteiger partial charge >= 0.3 is 12.1 Å². The molecule has 2 aromatic rings. The summed E-state index contributed by atoms with van der Waals surface area (Å²) in [5.74, 6) is -8.57. The molecule has 2 aromatic carbocycles. The van der Waals surface area contributed by atoms with Crippen LogP contribution >= 0.6 is 0 Å². The molecule has 1 aliphatic heterocycles. The van der Waals surface area contributed by atoms with Crippen molar-refractivity contribution in [3.63, 3.8) is 0 Å². The number of phenols is 2. The number of fused-ring (bicyclic) bond motifs is 1. The third kappa shape index (κ3) is 8.98. The van der Waals surface area contributed by atoms with Crippen LogP contribution in [0.3, 0.4) is 0 Å². The SMILES string of the molecule is CC1(c2ccc(O)cc2)COc2cc(O)ccc2C1CCCCOCC(F)(F)CCS(=O)CCCC(F)(F)C(F)(F)F. The molecule has 236 valence electrons. The van der Waals surface area contributed by atoms with Gasteiger partial charge in [-0.1, -0.05) is 31.5 Å². The Kier molecular flexibility index (Phi) is 11.2. The van der Waals surface area contributed by atoms with Crippen molar-refractivity contribution in [1.29, 1.82) is 0 Å². The van der Waals surface area contributed by atoms with Crippen molar-refractivity contribution in [2.24, 2.45) is 0 Å². The molecular formula is C29H35F7O5S. The minimum absolute atomic E-state index is 0.0345. The first kappa shape index (κ1) is 34.0. The molecule has 13 heteroatoms. The van der Waals surface area contributed by atoms with Gasteiger partial charge in [0, 0.05) is 59.2 Å². The van der Waals surface area contributed by atoms with E-state index in [0.717, 1.165) is 11.1 Å². The first-order chi connectivity index (χ1) is 19.5. The molecular weight excluding hydrogens is 593 g/mol. The van der Waals surface area contributed by atoms with E-state index in [1.807, 2.05) is 19.1 Å². The first-order valence-electron chi connectivity index (χ1n) is 13.5. The molecule has 42 heavy (non-hydrogen) atoms. The van der Waals surface area contributed by atoms with Crippen molar-refractivity contribution in [2.75, 3.05) is 31.3 Å². The van der Waals surface area contributed by atoms with Crippen LogP contribution in [0.25, 0.3) is 0 Å². The maximum atomic E-state index is 14.2. The van der Waals surface area contributed by atoms with Crippen LogP contribution in [0.4, 0.5) is 30.7 Å². The van der Waals surface area contributed by atoms with Crippen molar-refractivity contribution in [3.05, 3.63) is 53.6 Å². The summed E-state index contributed by atoms with van der Waals surface area (Å²) in [5, 5.41) is 19.6. The van der Waals surface area contributed by atoms with E-state index in [0.29, 0.717) is 31.6 Å². The number of benzene rings is 2. The average molecular weight is 629 g/mol. The molecule has 0 bridgehead atoms. The van der Waals surface area contributed by atoms with Crippen LogP contribution in [0.15, 0.2) is 42.5 Å². The summed E-state index contributed by atoms with van der Waals surface area (Å²) in [6, 6.07) is 11.8. The number of hydrogen-bond acceptors (Lipinski definition) is 5. The van der Waals surface area contributed by atoms with Gasteiger partial charge in [-0.15, -0.1) is 0 Å². The summed E-state index contributed by atoms with van der Waals surface area (Å²) in [4.78, 5) is 0. The second-order valence-electron chi connectivity index (χ2n) is 10.8. The highest BCUT2D eigenvalue weighted by molar-refractivity contribution is 7.84. The van der Waals surface area contributed by atoms with Gasteiger partial charge < -0.3 is 19.7 Å². The zero-order valence-electron chi connectivity index (χ0n) is 23.1. The molecule has 0 aromatic heterocycles. The number of alkyl halides is 7. The Morgan fingerprint density at radius 1 is 0.929 bits per heavy atom. The summed E-state index contributed by atoms with van der Waals surface area (Å²) in [7, 11) is -1.96. The number of hydrogen-bond donors (Lipinski definition) is 2. The van der Waals surface area contributed by atoms with Crippen molar-refractivity contribution in [3.8, 4) is 17.2 Å². The normalized spacial score (nSPS) is 20.1. The maximum absolute atomic E-state index is 14.2. The molecule has 0 amide bonds. The van der Waals surface area contributed by atoms with Crippen LogP contribution in [0.5, 0.6) is 17.2 Å². The van der Waals surface area contributed by atoms with E-state index in [-0.39, 0.29) is 24.0 Å². The molecule has 3 rings (SSSR count). The predicted molar refractivity (Wildman–Crippen MR) is 144 cm³/mol. The molecule has 0 fully saturated rings. The summed E-state index contributed by atoms with van der Waals surface area (Å²) < 4.78 is 114. The second-order valence-corrected chi connectivity index (χ2v) is 12.5. The van der Waals surface area contributed by atoms with Gasteiger partial charge in [0.15, 0.2) is 0 Å². The fraction of sp³-hybridized carbons (Fsp3) is 0.586. The largest absolute Gasteiger partial charge is 0.508 e. The van der Waals surface area contributed by atoms with E-state index in [2.05, 4.69) is 0 Å². The summed E-state index contributed by atoms with van der Waals surface area (Å²) in [6.45, 7) is 1.48. The van der Waals surface area contributed by atoms with Gasteiger partial charge in [-0.2, -0.15) is 22.0 Å². The van der Waals surface area contributed by atoms with Crippen LogP contribution in [0, 0.1) is 0 Å². The fourth-order valence-electron chi connectivity index (χ4n) is 5.02. The average Bonchev–Trinajstić information content (AvgIpc) is 2.90. The van der Waals surface area contributed by atoms with E-state index in [9.17, 15) is 45.2 Å². The minimum Gasteiger partial charge on any atom is -0.508 e. The second kappa shape index (κ2) is 13.8. The van der Waals surface area contributed by atoms with Crippen LogP contribution in [-0.2, 0) is 21.0 Å². The quantitative estimate of drug-likeness (QED) is 0.158. The van der Waals surface area contributed by atoms with Gasteiger partial charge in [0.05, 0.1) is 6.61 Å². The maximum Gasteiger partial charge on any atom is 0.453 e. The van der Waals surface area contributed by atoms with Gasteiger partial charge in [-0.25, -0.2) is 8.78 Å². The Bertz CT molecular complexity index is 1190. The molecule has 2 N–H and O–H groups in total. The third-order valence-electron chi connectivity index (χ3n) is 7.51. The van der Waals surface area contributed by atoms with Crippen molar-refractivity contribution < 1.29 is 54.6 Å². The molecule has 1 heterocycles. The monoisotopic (exact) mass is 628 g/mol. The topological polar surface area (TPSA) is 76.0 Å². The van der Waals surface area contributed by atoms with E-state index in [4.69, 9.17) is 9.47 Å². The molecule has 3 atom stereocenters. The number of aromatic hydroxyl groups is 2. The van der Waals surface area contributed by atoms with Crippen LogP contribution in [0.1, 0.15) is 62.5 Å². The number of phenolic OH excluding ortho intramolecular Hbond substituents is 2. The molecule has 3 unspecified atom stereocenters. The number of unbranched alkanes of at least 4 members (excludes halogenated alkanes) is 1. The molecule has 0 saturated carbocycles. The van der Waals surface area contributed by atoms with E-state index >= 15 is 0 Å². The fourth-order valence-corrected chi connectivity index (χ4v) is 6.21. The highest BCUT2D eigenvalue weighted by atomic mass is 32.2. The van der Waals surface area contributed by atoms with E-state index in [1.54, 1.807) is 30.3 Å².